The van der Waals surface area contributed by atoms with Gasteiger partial charge in [-0.05, 0) is 64.7 Å². The van der Waals surface area contributed by atoms with Crippen molar-refractivity contribution in [3.05, 3.63) is 34.2 Å². The monoisotopic (exact) mass is 524 g/mol. The number of imidazole rings is 1. The average molecular weight is 525 g/mol. The number of unbranched alkanes of at least 4 members (excludes halogenated alkanes) is 1. The summed E-state index contributed by atoms with van der Waals surface area (Å²) >= 11 is 0. The molecule has 10 heteroatoms. The van der Waals surface area contributed by atoms with Crippen LogP contribution < -0.4 is 11.0 Å². The van der Waals surface area contributed by atoms with E-state index in [1.54, 1.807) is 18.0 Å². The Morgan fingerprint density at radius 3 is 2.53 bits per heavy atom. The highest BCUT2D eigenvalue weighted by Gasteiger charge is 2.31. The van der Waals surface area contributed by atoms with Gasteiger partial charge in [0, 0.05) is 45.1 Å². The van der Waals surface area contributed by atoms with Gasteiger partial charge in [0.2, 0.25) is 11.8 Å². The third kappa shape index (κ3) is 6.45. The average Bonchev–Trinajstić information content (AvgIpc) is 3.10. The summed E-state index contributed by atoms with van der Waals surface area (Å²) in [4.78, 5) is 50.6. The minimum absolute atomic E-state index is 0.138. The number of hydrogen-bond donors (Lipinski definition) is 1. The molecule has 0 radical (unpaired) electrons. The standard InChI is InChI=1S/C28H36N4O6/c1-28(2,3)38-27(36)31-15-13-20(14-16-31)37-17-7-5-6-8-19-9-10-21-23(18-19)30(4)26(35)32(21)22-11-12-24(33)29-25(22)34/h9-10,18,20,22H,5,7,11-17H2,1-4H3,(H,29,33,34). The van der Waals surface area contributed by atoms with E-state index in [2.05, 4.69) is 17.2 Å². The van der Waals surface area contributed by atoms with Crippen LogP contribution in [0.4, 0.5) is 4.79 Å². The lowest BCUT2D eigenvalue weighted by molar-refractivity contribution is -0.135. The maximum atomic E-state index is 12.9. The number of fused-ring (bicyclic) bond motifs is 1. The molecule has 1 N–H and O–H groups in total. The maximum absolute atomic E-state index is 12.9. The van der Waals surface area contributed by atoms with Gasteiger partial charge >= 0.3 is 11.8 Å². The van der Waals surface area contributed by atoms with Crippen molar-refractivity contribution < 1.29 is 23.9 Å². The minimum atomic E-state index is -0.703. The number of hydrogen-bond acceptors (Lipinski definition) is 6. The van der Waals surface area contributed by atoms with E-state index in [0.717, 1.165) is 24.8 Å². The third-order valence-corrected chi connectivity index (χ3v) is 6.74. The van der Waals surface area contributed by atoms with Crippen molar-refractivity contribution in [1.29, 1.82) is 0 Å². The van der Waals surface area contributed by atoms with Crippen molar-refractivity contribution in [3.8, 4) is 11.8 Å². The van der Waals surface area contributed by atoms with Gasteiger partial charge in [-0.3, -0.25) is 24.0 Å². The van der Waals surface area contributed by atoms with Gasteiger partial charge in [0.25, 0.3) is 0 Å². The van der Waals surface area contributed by atoms with Crippen molar-refractivity contribution in [2.24, 2.45) is 7.05 Å². The summed E-state index contributed by atoms with van der Waals surface area (Å²) in [6.45, 7) is 7.47. The number of likely N-dealkylation sites (tertiary alicyclic amines) is 1. The zero-order chi connectivity index (χ0) is 27.4. The van der Waals surface area contributed by atoms with Crippen molar-refractivity contribution in [3.63, 3.8) is 0 Å². The number of nitrogens with zero attached hydrogens (tertiary/aromatic N) is 3. The van der Waals surface area contributed by atoms with Crippen LogP contribution in [0.5, 0.6) is 0 Å². The second kappa shape index (κ2) is 11.4. The van der Waals surface area contributed by atoms with Crippen LogP contribution in [0.3, 0.4) is 0 Å². The van der Waals surface area contributed by atoms with Gasteiger partial charge in [-0.2, -0.15) is 0 Å². The summed E-state index contributed by atoms with van der Waals surface area (Å²) in [6.07, 6.45) is 3.44. The molecule has 2 aromatic rings. The molecule has 204 valence electrons. The van der Waals surface area contributed by atoms with Crippen LogP contribution in [0.15, 0.2) is 23.0 Å². The topological polar surface area (TPSA) is 112 Å². The number of carbonyl (C=O) groups excluding carboxylic acids is 3. The quantitative estimate of drug-likeness (QED) is 0.366. The number of aromatic nitrogens is 2. The van der Waals surface area contributed by atoms with E-state index in [1.807, 2.05) is 32.9 Å². The van der Waals surface area contributed by atoms with E-state index in [-0.39, 0.29) is 30.2 Å². The molecule has 2 fully saturated rings. The second-order valence-corrected chi connectivity index (χ2v) is 10.8. The van der Waals surface area contributed by atoms with E-state index < -0.39 is 17.6 Å². The van der Waals surface area contributed by atoms with Crippen LogP contribution in [0.1, 0.15) is 70.9 Å². The highest BCUT2D eigenvalue weighted by molar-refractivity contribution is 6.00. The van der Waals surface area contributed by atoms with Gasteiger partial charge in [0.1, 0.15) is 11.6 Å². The number of rotatable bonds is 5. The molecule has 0 saturated carbocycles. The van der Waals surface area contributed by atoms with Crippen molar-refractivity contribution in [1.82, 2.24) is 19.4 Å². The fraction of sp³-hybridized carbons (Fsp3) is 0.571. The zero-order valence-corrected chi connectivity index (χ0v) is 22.5. The van der Waals surface area contributed by atoms with Crippen LogP contribution in [0.2, 0.25) is 0 Å². The highest BCUT2D eigenvalue weighted by Crippen LogP contribution is 2.23. The molecule has 3 heterocycles. The van der Waals surface area contributed by atoms with E-state index >= 15 is 0 Å². The molecule has 1 unspecified atom stereocenters. The molecule has 2 aliphatic rings. The number of benzene rings is 1. The molecular formula is C28H36N4O6. The lowest BCUT2D eigenvalue weighted by atomic mass is 10.1. The number of piperidine rings is 2. The lowest BCUT2D eigenvalue weighted by Crippen LogP contribution is -2.44. The number of aryl methyl sites for hydroxylation is 1. The van der Waals surface area contributed by atoms with Gasteiger partial charge in [-0.15, -0.1) is 0 Å². The van der Waals surface area contributed by atoms with E-state index in [1.165, 1.54) is 9.13 Å². The van der Waals surface area contributed by atoms with E-state index in [9.17, 15) is 19.2 Å². The van der Waals surface area contributed by atoms with Gasteiger partial charge in [-0.25, -0.2) is 9.59 Å². The number of carbonyl (C=O) groups is 3. The zero-order valence-electron chi connectivity index (χ0n) is 22.5. The Hall–Kier alpha value is -3.58. The van der Waals surface area contributed by atoms with Gasteiger partial charge < -0.3 is 14.4 Å². The van der Waals surface area contributed by atoms with E-state index in [4.69, 9.17) is 9.47 Å². The molecule has 2 aliphatic heterocycles. The summed E-state index contributed by atoms with van der Waals surface area (Å²) in [7, 11) is 1.67. The maximum Gasteiger partial charge on any atom is 0.410 e. The molecule has 38 heavy (non-hydrogen) atoms. The van der Waals surface area contributed by atoms with Crippen LogP contribution in [0.25, 0.3) is 11.0 Å². The smallest absolute Gasteiger partial charge is 0.410 e. The third-order valence-electron chi connectivity index (χ3n) is 6.74. The number of amides is 3. The van der Waals surface area contributed by atoms with Crippen molar-refractivity contribution in [2.75, 3.05) is 19.7 Å². The Morgan fingerprint density at radius 1 is 1.11 bits per heavy atom. The molecule has 1 aromatic heterocycles. The molecule has 10 nitrogen and oxygen atoms in total. The first-order valence-corrected chi connectivity index (χ1v) is 13.2. The van der Waals surface area contributed by atoms with Crippen molar-refractivity contribution in [2.45, 2.75) is 77.0 Å². The Labute approximate surface area is 222 Å². The Morgan fingerprint density at radius 2 is 1.84 bits per heavy atom. The Balaban J connectivity index is 1.26. The first kappa shape index (κ1) is 27.5. The number of nitrogens with one attached hydrogen (secondary N) is 1. The van der Waals surface area contributed by atoms with Crippen molar-refractivity contribution >= 4 is 28.9 Å². The summed E-state index contributed by atoms with van der Waals surface area (Å²) in [6, 6.07) is 4.79. The molecule has 2 saturated heterocycles. The summed E-state index contributed by atoms with van der Waals surface area (Å²) in [5.41, 5.74) is 1.32. The molecule has 0 spiro atoms. The summed E-state index contributed by atoms with van der Waals surface area (Å²) < 4.78 is 14.4. The molecule has 1 atom stereocenters. The fourth-order valence-corrected chi connectivity index (χ4v) is 4.78. The Bertz CT molecular complexity index is 1330. The largest absolute Gasteiger partial charge is 0.444 e. The highest BCUT2D eigenvalue weighted by atomic mass is 16.6. The summed E-state index contributed by atoms with van der Waals surface area (Å²) in [5, 5.41) is 2.32. The normalized spacial score (nSPS) is 18.7. The van der Waals surface area contributed by atoms with Crippen LogP contribution in [0, 0.1) is 11.8 Å². The number of imide groups is 1. The van der Waals surface area contributed by atoms with Gasteiger partial charge in [-0.1, -0.05) is 11.8 Å². The van der Waals surface area contributed by atoms with Gasteiger partial charge in [0.15, 0.2) is 0 Å². The van der Waals surface area contributed by atoms with Crippen LogP contribution in [-0.4, -0.2) is 63.3 Å². The lowest BCUT2D eigenvalue weighted by Gasteiger charge is -2.33. The predicted octanol–water partition coefficient (Wildman–Crippen LogP) is 2.87. The second-order valence-electron chi connectivity index (χ2n) is 10.8. The SMILES string of the molecule is Cn1c(=O)n(C2CCC(=O)NC2=O)c2ccc(C#CCCCOC3CCN(C(=O)OC(C)(C)C)CC3)cc21. The molecule has 1 aromatic carbocycles. The van der Waals surface area contributed by atoms with Gasteiger partial charge in [0.05, 0.1) is 17.1 Å². The summed E-state index contributed by atoms with van der Waals surface area (Å²) in [5.74, 6) is 5.56. The molecular weight excluding hydrogens is 488 g/mol. The first-order valence-electron chi connectivity index (χ1n) is 13.2. The first-order chi connectivity index (χ1) is 18.0. The molecule has 3 amide bonds. The van der Waals surface area contributed by atoms with Crippen LogP contribution >= 0.6 is 0 Å². The number of ether oxygens (including phenoxy) is 2. The van der Waals surface area contributed by atoms with Crippen LogP contribution in [-0.2, 0) is 26.1 Å². The van der Waals surface area contributed by atoms with E-state index in [0.29, 0.717) is 43.6 Å². The molecule has 0 bridgehead atoms. The minimum Gasteiger partial charge on any atom is -0.444 e. The molecule has 4 rings (SSSR count). The predicted molar refractivity (Wildman–Crippen MR) is 141 cm³/mol. The fourth-order valence-electron chi connectivity index (χ4n) is 4.78. The molecule has 0 aliphatic carbocycles. The Kier molecular flexibility index (Phi) is 8.26.